The van der Waals surface area contributed by atoms with Gasteiger partial charge in [0.15, 0.2) is 0 Å². The Hall–Kier alpha value is -3.34. The van der Waals surface area contributed by atoms with Crippen molar-refractivity contribution in [2.75, 3.05) is 18.4 Å². The molecule has 0 amide bonds. The van der Waals surface area contributed by atoms with Gasteiger partial charge in [0.05, 0.1) is 0 Å². The zero-order chi connectivity index (χ0) is 24.6. The number of benzene rings is 2. The molecule has 3 heterocycles. The number of nitrogens with two attached hydrogens (primary N) is 1. The van der Waals surface area contributed by atoms with Gasteiger partial charge in [0, 0.05) is 54.1 Å². The molecule has 182 valence electrons. The summed E-state index contributed by atoms with van der Waals surface area (Å²) in [7, 11) is -3.69. The number of anilines is 1. The summed E-state index contributed by atoms with van der Waals surface area (Å²) in [5.74, 6) is -0.543. The molecule has 0 bridgehead atoms. The van der Waals surface area contributed by atoms with E-state index in [2.05, 4.69) is 15.3 Å². The van der Waals surface area contributed by atoms with Crippen LogP contribution in [0.25, 0.3) is 22.2 Å². The molecule has 5 rings (SSSR count). The van der Waals surface area contributed by atoms with E-state index in [1.807, 2.05) is 12.1 Å². The van der Waals surface area contributed by atoms with Crippen molar-refractivity contribution in [1.82, 2.24) is 14.3 Å². The largest absolute Gasteiger partial charge is 0.381 e. The number of nitrogens with one attached hydrogen (secondary N) is 2. The van der Waals surface area contributed by atoms with Crippen LogP contribution < -0.4 is 10.5 Å². The van der Waals surface area contributed by atoms with Crippen LogP contribution in [0.1, 0.15) is 30.0 Å². The lowest BCUT2D eigenvalue weighted by atomic mass is 9.94. The van der Waals surface area contributed by atoms with Gasteiger partial charge < -0.3 is 10.3 Å². The smallest absolute Gasteiger partial charge is 0.276 e. The van der Waals surface area contributed by atoms with Gasteiger partial charge in [0.1, 0.15) is 17.3 Å². The topological polar surface area (TPSA) is 104 Å². The lowest BCUT2D eigenvalue weighted by Crippen LogP contribution is -2.41. The molecule has 0 spiro atoms. The van der Waals surface area contributed by atoms with Crippen molar-refractivity contribution in [3.63, 3.8) is 0 Å². The number of H-pyrrole nitrogens is 1. The molecule has 2 aromatic carbocycles. The Labute approximate surface area is 202 Å². The molecule has 0 radical (unpaired) electrons. The van der Waals surface area contributed by atoms with Crippen molar-refractivity contribution in [3.05, 3.63) is 83.7 Å². The quantitative estimate of drug-likeness (QED) is 0.365. The molecule has 1 fully saturated rings. The van der Waals surface area contributed by atoms with Crippen molar-refractivity contribution in [2.45, 2.75) is 25.3 Å². The zero-order valence-corrected chi connectivity index (χ0v) is 19.7. The summed E-state index contributed by atoms with van der Waals surface area (Å²) in [6.45, 7) is 1.11. The second-order valence-corrected chi connectivity index (χ2v) is 10.3. The first-order valence-electron chi connectivity index (χ1n) is 11.3. The van der Waals surface area contributed by atoms with E-state index in [1.54, 1.807) is 30.5 Å². The van der Waals surface area contributed by atoms with Crippen molar-refractivity contribution in [1.29, 1.82) is 0 Å². The van der Waals surface area contributed by atoms with E-state index in [0.717, 1.165) is 16.6 Å². The molecule has 0 saturated carbocycles. The molecule has 1 aliphatic heterocycles. The minimum absolute atomic E-state index is 0.124. The molecule has 10 heteroatoms. The van der Waals surface area contributed by atoms with E-state index in [-0.39, 0.29) is 17.6 Å². The number of hydrogen-bond acceptors (Lipinski definition) is 4. The summed E-state index contributed by atoms with van der Waals surface area (Å²) in [6, 6.07) is 14.9. The average Bonchev–Trinajstić information content (AvgIpc) is 3.28. The second kappa shape index (κ2) is 9.37. The first-order chi connectivity index (χ1) is 16.8. The molecular formula is C25H25F2N5O2S. The van der Waals surface area contributed by atoms with Gasteiger partial charge in [-0.3, -0.25) is 0 Å². The normalized spacial score (nSPS) is 15.5. The van der Waals surface area contributed by atoms with E-state index in [9.17, 15) is 17.2 Å². The van der Waals surface area contributed by atoms with Gasteiger partial charge in [-0.25, -0.2) is 18.9 Å². The Morgan fingerprint density at radius 1 is 1.06 bits per heavy atom. The summed E-state index contributed by atoms with van der Waals surface area (Å²) in [5, 5.41) is 9.27. The maximum Gasteiger partial charge on any atom is 0.276 e. The lowest BCUT2D eigenvalue weighted by Gasteiger charge is -2.29. The Bertz CT molecular complexity index is 1480. The zero-order valence-electron chi connectivity index (χ0n) is 18.8. The molecule has 0 atom stereocenters. The monoisotopic (exact) mass is 497 g/mol. The lowest BCUT2D eigenvalue weighted by molar-refractivity contribution is 0.317. The SMILES string of the molecule is NS(=O)(=O)N1CCC(c2cc3c(-c4cc(NCc5cccc(F)c5)ccc4F)ccnc3[nH]2)CC1. The number of nitrogens with zero attached hydrogens (tertiary/aromatic N) is 2. The van der Waals surface area contributed by atoms with Gasteiger partial charge in [-0.15, -0.1) is 0 Å². The van der Waals surface area contributed by atoms with Crippen LogP contribution in [-0.2, 0) is 16.8 Å². The molecule has 0 aliphatic carbocycles. The summed E-state index contributed by atoms with van der Waals surface area (Å²) >= 11 is 0. The number of aromatic amines is 1. The van der Waals surface area contributed by atoms with Crippen molar-refractivity contribution < 1.29 is 17.2 Å². The van der Waals surface area contributed by atoms with Crippen LogP contribution in [-0.4, -0.2) is 35.8 Å². The number of hydrogen-bond donors (Lipinski definition) is 3. The Morgan fingerprint density at radius 2 is 1.86 bits per heavy atom. The molecule has 0 unspecified atom stereocenters. The fraction of sp³-hybridized carbons (Fsp3) is 0.240. The van der Waals surface area contributed by atoms with Crippen LogP contribution in [0.4, 0.5) is 14.5 Å². The molecule has 2 aromatic heterocycles. The molecule has 1 saturated heterocycles. The molecule has 35 heavy (non-hydrogen) atoms. The van der Waals surface area contributed by atoms with Crippen LogP contribution in [0.2, 0.25) is 0 Å². The van der Waals surface area contributed by atoms with E-state index in [4.69, 9.17) is 5.14 Å². The summed E-state index contributed by atoms with van der Waals surface area (Å²) < 4.78 is 52.9. The predicted molar refractivity (Wildman–Crippen MR) is 132 cm³/mol. The molecule has 4 N–H and O–H groups in total. The standard InChI is InChI=1S/C25H25F2N5O2S/c26-18-3-1-2-16(12-18)15-30-19-4-5-23(27)21(13-19)20-6-9-29-25-22(20)14-24(31-25)17-7-10-32(11-8-17)35(28,33)34/h1-6,9,12-14,17,30H,7-8,10-11,15H2,(H,29,31)(H2,28,33,34). The third-order valence-electron chi connectivity index (χ3n) is 6.45. The van der Waals surface area contributed by atoms with Gasteiger partial charge in [-0.2, -0.15) is 12.7 Å². The minimum Gasteiger partial charge on any atom is -0.381 e. The highest BCUT2D eigenvalue weighted by Gasteiger charge is 2.27. The number of aromatic nitrogens is 2. The fourth-order valence-electron chi connectivity index (χ4n) is 4.62. The Kier molecular flexibility index (Phi) is 6.26. The first-order valence-corrected chi connectivity index (χ1v) is 12.8. The van der Waals surface area contributed by atoms with Crippen LogP contribution in [0.3, 0.4) is 0 Å². The molecular weight excluding hydrogens is 472 g/mol. The fourth-order valence-corrected chi connectivity index (χ4v) is 5.34. The number of rotatable bonds is 6. The summed E-state index contributed by atoms with van der Waals surface area (Å²) in [4.78, 5) is 7.75. The van der Waals surface area contributed by atoms with Crippen LogP contribution >= 0.6 is 0 Å². The molecule has 7 nitrogen and oxygen atoms in total. The minimum atomic E-state index is -3.69. The molecule has 4 aromatic rings. The summed E-state index contributed by atoms with van der Waals surface area (Å²) in [6.07, 6.45) is 2.90. The highest BCUT2D eigenvalue weighted by molar-refractivity contribution is 7.86. The van der Waals surface area contributed by atoms with E-state index < -0.39 is 10.2 Å². The van der Waals surface area contributed by atoms with E-state index in [0.29, 0.717) is 54.9 Å². The number of pyridine rings is 1. The number of fused-ring (bicyclic) bond motifs is 1. The van der Waals surface area contributed by atoms with Gasteiger partial charge >= 0.3 is 0 Å². The van der Waals surface area contributed by atoms with E-state index in [1.165, 1.54) is 22.5 Å². The number of piperidine rings is 1. The third kappa shape index (κ3) is 5.04. The highest BCUT2D eigenvalue weighted by atomic mass is 32.2. The van der Waals surface area contributed by atoms with Gasteiger partial charge in [0.25, 0.3) is 10.2 Å². The Balaban J connectivity index is 1.41. The third-order valence-corrected chi connectivity index (χ3v) is 7.53. The van der Waals surface area contributed by atoms with Crippen LogP contribution in [0.5, 0.6) is 0 Å². The maximum atomic E-state index is 14.9. The van der Waals surface area contributed by atoms with Crippen LogP contribution in [0.15, 0.2) is 60.8 Å². The Morgan fingerprint density at radius 3 is 2.60 bits per heavy atom. The maximum absolute atomic E-state index is 14.9. The second-order valence-electron chi connectivity index (χ2n) is 8.74. The first kappa shape index (κ1) is 23.4. The van der Waals surface area contributed by atoms with Crippen molar-refractivity contribution in [2.24, 2.45) is 5.14 Å². The van der Waals surface area contributed by atoms with Gasteiger partial charge in [-0.05, 0) is 66.4 Å². The van der Waals surface area contributed by atoms with Gasteiger partial charge in [-0.1, -0.05) is 12.1 Å². The predicted octanol–water partition coefficient (Wildman–Crippen LogP) is 4.50. The highest BCUT2D eigenvalue weighted by Crippen LogP contribution is 2.35. The van der Waals surface area contributed by atoms with Crippen molar-refractivity contribution >= 4 is 26.9 Å². The molecule has 1 aliphatic rings. The number of halogens is 2. The van der Waals surface area contributed by atoms with Crippen molar-refractivity contribution in [3.8, 4) is 11.1 Å². The van der Waals surface area contributed by atoms with Gasteiger partial charge in [0.2, 0.25) is 0 Å². The van der Waals surface area contributed by atoms with Crippen LogP contribution in [0, 0.1) is 11.6 Å². The van der Waals surface area contributed by atoms with E-state index >= 15 is 0 Å². The summed E-state index contributed by atoms with van der Waals surface area (Å²) in [5.41, 5.74) is 4.20. The average molecular weight is 498 g/mol.